The maximum absolute atomic E-state index is 13.9. The zero-order valence-electron chi connectivity index (χ0n) is 23.0. The van der Waals surface area contributed by atoms with Crippen LogP contribution in [0.15, 0.2) is 54.1 Å². The lowest BCUT2D eigenvalue weighted by molar-refractivity contribution is -0.119. The van der Waals surface area contributed by atoms with Crippen LogP contribution in [0, 0.1) is 11.6 Å². The Morgan fingerprint density at radius 1 is 1.03 bits per heavy atom. The average Bonchev–Trinajstić information content (AvgIpc) is 3.42. The number of amides is 1. The summed E-state index contributed by atoms with van der Waals surface area (Å²) in [5.74, 6) is -1.55. The van der Waals surface area contributed by atoms with Crippen molar-refractivity contribution in [1.29, 1.82) is 0 Å². The van der Waals surface area contributed by atoms with Crippen molar-refractivity contribution in [2.24, 2.45) is 0 Å². The Hall–Kier alpha value is -2.57. The molecule has 206 valence electrons. The quantitative estimate of drug-likeness (QED) is 0.366. The number of nitrogens with one attached hydrogen (secondary N) is 2. The molecule has 0 aliphatic heterocycles. The first-order chi connectivity index (χ1) is 18.1. The van der Waals surface area contributed by atoms with Gasteiger partial charge in [0.05, 0.1) is 12.1 Å². The predicted octanol–water partition coefficient (Wildman–Crippen LogP) is 6.21. The summed E-state index contributed by atoms with van der Waals surface area (Å²) in [5.41, 5.74) is 3.36. The summed E-state index contributed by atoms with van der Waals surface area (Å²) in [4.78, 5) is 12.9. The maximum Gasteiger partial charge on any atom is 0.247 e. The molecule has 0 bridgehead atoms. The summed E-state index contributed by atoms with van der Waals surface area (Å²) in [5, 5.41) is 18.1. The standard InChI is InChI=1S/C32H42F2N2O2/c1-31(2,3)24-12-9-13-25(19-24)32(14-7-4-8-15-32)35-21-29(37)28(36-30(38)23-10-5-6-11-23)18-22-16-26(33)20-27(34)17-22/h9-10,12-13,16-17,19-20,28-29,35,37H,4-8,11,14-15,18,21H2,1-3H3,(H,36,38). The lowest BCUT2D eigenvalue weighted by Crippen LogP contribution is -2.53. The van der Waals surface area contributed by atoms with Crippen molar-refractivity contribution in [3.05, 3.63) is 82.4 Å². The van der Waals surface area contributed by atoms with Crippen LogP contribution in [0.3, 0.4) is 0 Å². The van der Waals surface area contributed by atoms with Crippen molar-refractivity contribution >= 4 is 5.91 Å². The van der Waals surface area contributed by atoms with Gasteiger partial charge in [-0.1, -0.05) is 70.4 Å². The highest BCUT2D eigenvalue weighted by molar-refractivity contribution is 5.94. The molecule has 4 rings (SSSR count). The monoisotopic (exact) mass is 524 g/mol. The van der Waals surface area contributed by atoms with Gasteiger partial charge in [-0.25, -0.2) is 8.78 Å². The van der Waals surface area contributed by atoms with Gasteiger partial charge in [-0.15, -0.1) is 0 Å². The zero-order chi connectivity index (χ0) is 27.3. The van der Waals surface area contributed by atoms with Gasteiger partial charge in [0.15, 0.2) is 0 Å². The summed E-state index contributed by atoms with van der Waals surface area (Å²) < 4.78 is 27.8. The molecule has 6 heteroatoms. The normalized spacial score (nSPS) is 19.1. The minimum Gasteiger partial charge on any atom is -0.390 e. The third-order valence-corrected chi connectivity index (χ3v) is 8.13. The second kappa shape index (κ2) is 12.1. The summed E-state index contributed by atoms with van der Waals surface area (Å²) in [7, 11) is 0. The Kier molecular flexibility index (Phi) is 9.04. The molecule has 1 saturated carbocycles. The summed E-state index contributed by atoms with van der Waals surface area (Å²) in [6.07, 6.45) is 8.92. The lowest BCUT2D eigenvalue weighted by Gasteiger charge is -2.41. The molecule has 3 N–H and O–H groups in total. The summed E-state index contributed by atoms with van der Waals surface area (Å²) in [6.45, 7) is 6.87. The predicted molar refractivity (Wildman–Crippen MR) is 148 cm³/mol. The highest BCUT2D eigenvalue weighted by atomic mass is 19.1. The summed E-state index contributed by atoms with van der Waals surface area (Å²) in [6, 6.07) is 11.4. The first-order valence-electron chi connectivity index (χ1n) is 14.0. The molecule has 0 spiro atoms. The van der Waals surface area contributed by atoms with Crippen molar-refractivity contribution in [2.45, 2.75) is 102 Å². The molecular formula is C32H42F2N2O2. The molecule has 2 aromatic rings. The van der Waals surface area contributed by atoms with E-state index in [-0.39, 0.29) is 29.8 Å². The van der Waals surface area contributed by atoms with Gasteiger partial charge in [-0.05, 0) is 72.8 Å². The third-order valence-electron chi connectivity index (χ3n) is 8.13. The molecule has 4 nitrogen and oxygen atoms in total. The molecule has 2 unspecified atom stereocenters. The lowest BCUT2D eigenvalue weighted by atomic mass is 9.74. The first kappa shape index (κ1) is 28.4. The summed E-state index contributed by atoms with van der Waals surface area (Å²) >= 11 is 0. The average molecular weight is 525 g/mol. The Balaban J connectivity index is 1.55. The SMILES string of the molecule is CC(C)(C)c1cccc(C2(NCC(O)C(Cc3cc(F)cc(F)c3)NC(=O)C3=CCCC3)CCCCC2)c1. The van der Waals surface area contributed by atoms with E-state index in [1.807, 2.05) is 6.08 Å². The second-order valence-electron chi connectivity index (χ2n) is 12.1. The zero-order valence-corrected chi connectivity index (χ0v) is 23.0. The van der Waals surface area contributed by atoms with E-state index in [1.54, 1.807) is 0 Å². The fraction of sp³-hybridized carbons (Fsp3) is 0.531. The van der Waals surface area contributed by atoms with Crippen LogP contribution in [0.5, 0.6) is 0 Å². The molecule has 0 heterocycles. The topological polar surface area (TPSA) is 61.4 Å². The van der Waals surface area contributed by atoms with Gasteiger partial charge in [0.2, 0.25) is 5.91 Å². The van der Waals surface area contributed by atoms with E-state index < -0.39 is 23.8 Å². The van der Waals surface area contributed by atoms with Crippen LogP contribution in [0.1, 0.15) is 88.8 Å². The van der Waals surface area contributed by atoms with Gasteiger partial charge in [0.25, 0.3) is 0 Å². The molecule has 0 aromatic heterocycles. The number of allylic oxidation sites excluding steroid dienone is 1. The molecule has 2 aromatic carbocycles. The molecule has 38 heavy (non-hydrogen) atoms. The molecule has 2 aliphatic rings. The Bertz CT molecular complexity index is 1130. The molecular weight excluding hydrogens is 482 g/mol. The largest absolute Gasteiger partial charge is 0.390 e. The second-order valence-corrected chi connectivity index (χ2v) is 12.1. The van der Waals surface area contributed by atoms with Crippen molar-refractivity contribution in [2.75, 3.05) is 6.54 Å². The highest BCUT2D eigenvalue weighted by Crippen LogP contribution is 2.38. The van der Waals surface area contributed by atoms with Gasteiger partial charge in [-0.3, -0.25) is 4.79 Å². The van der Waals surface area contributed by atoms with E-state index in [0.29, 0.717) is 17.6 Å². The number of hydrogen-bond acceptors (Lipinski definition) is 3. The van der Waals surface area contributed by atoms with Gasteiger partial charge in [0, 0.05) is 23.7 Å². The van der Waals surface area contributed by atoms with Crippen LogP contribution in [0.25, 0.3) is 0 Å². The Morgan fingerprint density at radius 2 is 1.74 bits per heavy atom. The van der Waals surface area contributed by atoms with Gasteiger partial charge in [-0.2, -0.15) is 0 Å². The van der Waals surface area contributed by atoms with E-state index >= 15 is 0 Å². The van der Waals surface area contributed by atoms with Crippen molar-refractivity contribution in [3.8, 4) is 0 Å². The maximum atomic E-state index is 13.9. The van der Waals surface area contributed by atoms with Crippen LogP contribution < -0.4 is 10.6 Å². The van der Waals surface area contributed by atoms with Gasteiger partial charge < -0.3 is 15.7 Å². The van der Waals surface area contributed by atoms with Crippen molar-refractivity contribution in [1.82, 2.24) is 10.6 Å². The molecule has 2 atom stereocenters. The first-order valence-corrected chi connectivity index (χ1v) is 14.0. The van der Waals surface area contributed by atoms with Gasteiger partial charge >= 0.3 is 0 Å². The minimum absolute atomic E-state index is 0.0237. The Morgan fingerprint density at radius 3 is 2.37 bits per heavy atom. The van der Waals surface area contributed by atoms with E-state index in [2.05, 4.69) is 55.7 Å². The number of halogens is 2. The van der Waals surface area contributed by atoms with Crippen LogP contribution in [0.2, 0.25) is 0 Å². The molecule has 0 radical (unpaired) electrons. The van der Waals surface area contributed by atoms with Gasteiger partial charge in [0.1, 0.15) is 11.6 Å². The number of aliphatic hydroxyl groups is 1. The number of rotatable bonds is 9. The van der Waals surface area contributed by atoms with E-state index in [1.165, 1.54) is 29.7 Å². The van der Waals surface area contributed by atoms with Crippen molar-refractivity contribution in [3.63, 3.8) is 0 Å². The molecule has 2 aliphatic carbocycles. The number of benzene rings is 2. The smallest absolute Gasteiger partial charge is 0.247 e. The number of hydrogen-bond donors (Lipinski definition) is 3. The fourth-order valence-corrected chi connectivity index (χ4v) is 5.85. The molecule has 0 saturated heterocycles. The van der Waals surface area contributed by atoms with E-state index in [9.17, 15) is 18.7 Å². The fourth-order valence-electron chi connectivity index (χ4n) is 5.85. The van der Waals surface area contributed by atoms with Crippen LogP contribution in [-0.2, 0) is 22.2 Å². The highest BCUT2D eigenvalue weighted by Gasteiger charge is 2.35. The van der Waals surface area contributed by atoms with Crippen LogP contribution >= 0.6 is 0 Å². The third kappa shape index (κ3) is 7.09. The number of carbonyl (C=O) groups is 1. The number of aliphatic hydroxyl groups excluding tert-OH is 1. The van der Waals surface area contributed by atoms with E-state index in [4.69, 9.17) is 0 Å². The van der Waals surface area contributed by atoms with Crippen molar-refractivity contribution < 1.29 is 18.7 Å². The Labute approximate surface area is 225 Å². The minimum atomic E-state index is -0.947. The van der Waals surface area contributed by atoms with Crippen LogP contribution in [-0.4, -0.2) is 29.7 Å². The van der Waals surface area contributed by atoms with E-state index in [0.717, 1.165) is 44.6 Å². The number of carbonyl (C=O) groups excluding carboxylic acids is 1. The molecule has 1 fully saturated rings. The van der Waals surface area contributed by atoms with Crippen LogP contribution in [0.4, 0.5) is 8.78 Å². The molecule has 1 amide bonds.